The maximum Gasteiger partial charge on any atom is 0.319 e. The maximum absolute atomic E-state index is 12.0. The Morgan fingerprint density at radius 1 is 1.29 bits per heavy atom. The molecule has 1 saturated carbocycles. The van der Waals surface area contributed by atoms with Gasteiger partial charge in [0.05, 0.1) is 5.69 Å². The summed E-state index contributed by atoms with van der Waals surface area (Å²) in [6.45, 7) is 2.03. The van der Waals surface area contributed by atoms with Crippen molar-refractivity contribution >= 4 is 17.4 Å². The third-order valence-corrected chi connectivity index (χ3v) is 3.99. The largest absolute Gasteiger partial charge is 0.335 e. The van der Waals surface area contributed by atoms with Crippen molar-refractivity contribution in [3.8, 4) is 0 Å². The smallest absolute Gasteiger partial charge is 0.319 e. The van der Waals surface area contributed by atoms with Gasteiger partial charge in [0.15, 0.2) is 5.65 Å². The molecule has 0 aliphatic heterocycles. The van der Waals surface area contributed by atoms with Crippen LogP contribution in [0.15, 0.2) is 18.3 Å². The van der Waals surface area contributed by atoms with Crippen LogP contribution in [-0.4, -0.2) is 26.7 Å². The van der Waals surface area contributed by atoms with Crippen LogP contribution in [0, 0.1) is 0 Å². The van der Waals surface area contributed by atoms with Gasteiger partial charge in [0.2, 0.25) is 0 Å². The molecule has 2 heterocycles. The van der Waals surface area contributed by atoms with E-state index in [9.17, 15) is 4.79 Å². The van der Waals surface area contributed by atoms with Gasteiger partial charge in [0.25, 0.3) is 0 Å². The number of pyridine rings is 1. The predicted octanol–water partition coefficient (Wildman–Crippen LogP) is 2.75. The highest BCUT2D eigenvalue weighted by Gasteiger charge is 2.15. The van der Waals surface area contributed by atoms with Crippen molar-refractivity contribution < 1.29 is 4.79 Å². The van der Waals surface area contributed by atoms with Crippen LogP contribution in [0.2, 0.25) is 0 Å². The number of hydrogen-bond donors (Lipinski definition) is 2. The first-order chi connectivity index (χ1) is 10.3. The average molecular weight is 287 g/mol. The first-order valence-electron chi connectivity index (χ1n) is 7.67. The number of aryl methyl sites for hydroxylation is 1. The van der Waals surface area contributed by atoms with Gasteiger partial charge in [-0.1, -0.05) is 26.2 Å². The van der Waals surface area contributed by atoms with E-state index in [1.807, 2.05) is 29.7 Å². The van der Waals surface area contributed by atoms with E-state index >= 15 is 0 Å². The van der Waals surface area contributed by atoms with Crippen LogP contribution in [-0.2, 0) is 6.42 Å². The molecule has 6 heteroatoms. The Bertz CT molecular complexity index is 630. The molecule has 2 amide bonds. The van der Waals surface area contributed by atoms with E-state index in [0.29, 0.717) is 6.04 Å². The molecule has 2 aromatic heterocycles. The van der Waals surface area contributed by atoms with Gasteiger partial charge in [-0.2, -0.15) is 0 Å². The Morgan fingerprint density at radius 2 is 2.10 bits per heavy atom. The summed E-state index contributed by atoms with van der Waals surface area (Å²) in [7, 11) is 0. The van der Waals surface area contributed by atoms with Crippen molar-refractivity contribution in [2.24, 2.45) is 0 Å². The highest BCUT2D eigenvalue weighted by molar-refractivity contribution is 5.89. The summed E-state index contributed by atoms with van der Waals surface area (Å²) in [4.78, 5) is 12.0. The van der Waals surface area contributed by atoms with Gasteiger partial charge in [0, 0.05) is 18.7 Å². The second-order valence-electron chi connectivity index (χ2n) is 5.55. The highest BCUT2D eigenvalue weighted by Crippen LogP contribution is 2.17. The molecule has 0 aromatic carbocycles. The van der Waals surface area contributed by atoms with Crippen molar-refractivity contribution in [1.29, 1.82) is 0 Å². The number of carbonyl (C=O) groups excluding carboxylic acids is 1. The number of amides is 2. The van der Waals surface area contributed by atoms with Crippen LogP contribution in [0.4, 0.5) is 10.5 Å². The quantitative estimate of drug-likeness (QED) is 0.911. The number of urea groups is 1. The minimum atomic E-state index is -0.132. The van der Waals surface area contributed by atoms with Crippen molar-refractivity contribution in [2.45, 2.75) is 51.5 Å². The van der Waals surface area contributed by atoms with E-state index in [2.05, 4.69) is 20.8 Å². The molecular formula is C15H21N5O. The van der Waals surface area contributed by atoms with E-state index in [4.69, 9.17) is 0 Å². The fraction of sp³-hybridized carbons (Fsp3) is 0.533. The third-order valence-electron chi connectivity index (χ3n) is 3.99. The number of anilines is 1. The number of aromatic nitrogens is 3. The molecule has 0 spiro atoms. The molecule has 0 saturated heterocycles. The normalized spacial score (nSPS) is 16.0. The van der Waals surface area contributed by atoms with E-state index in [1.165, 1.54) is 19.3 Å². The van der Waals surface area contributed by atoms with E-state index in [1.54, 1.807) is 0 Å². The molecule has 21 heavy (non-hydrogen) atoms. The van der Waals surface area contributed by atoms with Crippen LogP contribution in [0.5, 0.6) is 0 Å². The topological polar surface area (TPSA) is 71.3 Å². The van der Waals surface area contributed by atoms with Gasteiger partial charge in [-0.15, -0.1) is 10.2 Å². The SMILES string of the molecule is CCc1nnc2ccc(NC(=O)NC3CCCCC3)cn12. The first kappa shape index (κ1) is 13.9. The average Bonchev–Trinajstić information content (AvgIpc) is 2.90. The fourth-order valence-electron chi connectivity index (χ4n) is 2.85. The van der Waals surface area contributed by atoms with Crippen molar-refractivity contribution in [3.63, 3.8) is 0 Å². The van der Waals surface area contributed by atoms with E-state index in [-0.39, 0.29) is 6.03 Å². The molecule has 0 atom stereocenters. The molecule has 2 N–H and O–H groups in total. The van der Waals surface area contributed by atoms with Crippen LogP contribution < -0.4 is 10.6 Å². The lowest BCUT2D eigenvalue weighted by Gasteiger charge is -2.22. The summed E-state index contributed by atoms with van der Waals surface area (Å²) in [5.41, 5.74) is 1.55. The highest BCUT2D eigenvalue weighted by atomic mass is 16.2. The molecule has 112 valence electrons. The van der Waals surface area contributed by atoms with Crippen LogP contribution >= 0.6 is 0 Å². The van der Waals surface area contributed by atoms with Gasteiger partial charge in [-0.25, -0.2) is 4.79 Å². The Labute approximate surface area is 123 Å². The molecule has 0 radical (unpaired) electrons. The fourth-order valence-corrected chi connectivity index (χ4v) is 2.85. The summed E-state index contributed by atoms with van der Waals surface area (Å²) in [6, 6.07) is 3.89. The number of nitrogens with zero attached hydrogens (tertiary/aromatic N) is 3. The van der Waals surface area contributed by atoms with Crippen LogP contribution in [0.3, 0.4) is 0 Å². The lowest BCUT2D eigenvalue weighted by atomic mass is 9.96. The van der Waals surface area contributed by atoms with Gasteiger partial charge < -0.3 is 10.6 Å². The number of fused-ring (bicyclic) bond motifs is 1. The molecule has 6 nitrogen and oxygen atoms in total. The standard InChI is InChI=1S/C15H21N5O/c1-2-13-18-19-14-9-8-12(10-20(13)14)17-15(21)16-11-6-4-3-5-7-11/h8-11H,2-7H2,1H3,(H2,16,17,21). The number of hydrogen-bond acceptors (Lipinski definition) is 3. The monoisotopic (exact) mass is 287 g/mol. The molecule has 1 fully saturated rings. The number of nitrogens with one attached hydrogen (secondary N) is 2. The maximum atomic E-state index is 12.0. The van der Waals surface area contributed by atoms with Crippen molar-refractivity contribution in [1.82, 2.24) is 19.9 Å². The Morgan fingerprint density at radius 3 is 2.86 bits per heavy atom. The lowest BCUT2D eigenvalue weighted by molar-refractivity contribution is 0.244. The minimum absolute atomic E-state index is 0.132. The van der Waals surface area contributed by atoms with E-state index in [0.717, 1.165) is 36.4 Å². The van der Waals surface area contributed by atoms with Crippen molar-refractivity contribution in [3.05, 3.63) is 24.2 Å². The summed E-state index contributed by atoms with van der Waals surface area (Å²) >= 11 is 0. The zero-order valence-electron chi connectivity index (χ0n) is 12.3. The van der Waals surface area contributed by atoms with Crippen molar-refractivity contribution in [2.75, 3.05) is 5.32 Å². The first-order valence-corrected chi connectivity index (χ1v) is 7.67. The van der Waals surface area contributed by atoms with Crippen LogP contribution in [0.25, 0.3) is 5.65 Å². The Kier molecular flexibility index (Phi) is 4.03. The zero-order valence-corrected chi connectivity index (χ0v) is 12.3. The summed E-state index contributed by atoms with van der Waals surface area (Å²) < 4.78 is 1.91. The molecule has 1 aliphatic rings. The summed E-state index contributed by atoms with van der Waals surface area (Å²) in [6.07, 6.45) is 8.53. The summed E-state index contributed by atoms with van der Waals surface area (Å²) in [5.74, 6) is 0.890. The number of carbonyl (C=O) groups is 1. The van der Waals surface area contributed by atoms with Gasteiger partial charge in [-0.05, 0) is 25.0 Å². The summed E-state index contributed by atoms with van der Waals surface area (Å²) in [5, 5.41) is 14.1. The second-order valence-corrected chi connectivity index (χ2v) is 5.55. The zero-order chi connectivity index (χ0) is 14.7. The van der Waals surface area contributed by atoms with Gasteiger partial charge in [0.1, 0.15) is 5.82 Å². The Balaban J connectivity index is 1.67. The molecule has 0 bridgehead atoms. The molecular weight excluding hydrogens is 266 g/mol. The lowest BCUT2D eigenvalue weighted by Crippen LogP contribution is -2.39. The molecule has 2 aromatic rings. The number of rotatable bonds is 3. The van der Waals surface area contributed by atoms with Crippen LogP contribution in [0.1, 0.15) is 44.9 Å². The minimum Gasteiger partial charge on any atom is -0.335 e. The third kappa shape index (κ3) is 3.15. The van der Waals surface area contributed by atoms with Gasteiger partial charge in [-0.3, -0.25) is 4.40 Å². The molecule has 1 aliphatic carbocycles. The molecule has 3 rings (SSSR count). The van der Waals surface area contributed by atoms with Gasteiger partial charge >= 0.3 is 6.03 Å². The van der Waals surface area contributed by atoms with E-state index < -0.39 is 0 Å². The Hall–Kier alpha value is -2.11. The predicted molar refractivity (Wildman–Crippen MR) is 81.4 cm³/mol. The second kappa shape index (κ2) is 6.11. The molecule has 0 unspecified atom stereocenters.